The average Bonchev–Trinajstić information content (AvgIpc) is 2.37. The second-order valence-corrected chi connectivity index (χ2v) is 5.23. The lowest BCUT2D eigenvalue weighted by atomic mass is 10.2. The van der Waals surface area contributed by atoms with Gasteiger partial charge in [-0.05, 0) is 37.3 Å². The zero-order valence-corrected chi connectivity index (χ0v) is 11.5. The molecule has 2 aromatic rings. The summed E-state index contributed by atoms with van der Waals surface area (Å²) >= 11 is 1.79. The first-order chi connectivity index (χ1) is 8.69. The first kappa shape index (κ1) is 12.8. The van der Waals surface area contributed by atoms with Crippen LogP contribution in [0.1, 0.15) is 11.1 Å². The summed E-state index contributed by atoms with van der Waals surface area (Å²) < 4.78 is 5.34. The van der Waals surface area contributed by atoms with Crippen LogP contribution < -0.4 is 10.5 Å². The van der Waals surface area contributed by atoms with Gasteiger partial charge in [-0.25, -0.2) is 0 Å². The van der Waals surface area contributed by atoms with Crippen molar-refractivity contribution in [2.45, 2.75) is 17.6 Å². The molecule has 0 saturated heterocycles. The predicted octanol–water partition coefficient (Wildman–Crippen LogP) is 3.88. The van der Waals surface area contributed by atoms with Gasteiger partial charge in [0.2, 0.25) is 0 Å². The number of nitrogens with two attached hydrogens (primary N) is 1. The van der Waals surface area contributed by atoms with E-state index in [2.05, 4.69) is 31.2 Å². The van der Waals surface area contributed by atoms with Gasteiger partial charge in [-0.1, -0.05) is 17.7 Å². The number of ether oxygens (including phenoxy) is 1. The van der Waals surface area contributed by atoms with Gasteiger partial charge >= 0.3 is 0 Å². The molecule has 0 aliphatic rings. The first-order valence-corrected chi connectivity index (χ1v) is 6.79. The summed E-state index contributed by atoms with van der Waals surface area (Å²) in [5, 5.41) is 0. The minimum atomic E-state index is 0.774. The molecule has 0 aliphatic heterocycles. The molecule has 0 aromatic heterocycles. The first-order valence-electron chi connectivity index (χ1n) is 5.81. The molecule has 0 atom stereocenters. The molecular weight excluding hydrogens is 242 g/mol. The van der Waals surface area contributed by atoms with Crippen LogP contribution in [0.4, 0.5) is 5.69 Å². The quantitative estimate of drug-likeness (QED) is 0.668. The Labute approximate surface area is 112 Å². The number of hydrogen-bond donors (Lipinski definition) is 1. The Morgan fingerprint density at radius 1 is 1.17 bits per heavy atom. The Morgan fingerprint density at radius 2 is 2.00 bits per heavy atom. The third-order valence-corrected chi connectivity index (χ3v) is 3.73. The molecule has 0 spiro atoms. The Bertz CT molecular complexity index is 540. The van der Waals surface area contributed by atoms with Gasteiger partial charge in [0.15, 0.2) is 0 Å². The summed E-state index contributed by atoms with van der Waals surface area (Å²) in [6, 6.07) is 14.2. The molecule has 3 heteroatoms. The lowest BCUT2D eigenvalue weighted by Crippen LogP contribution is -1.93. The number of hydrogen-bond acceptors (Lipinski definition) is 3. The molecule has 0 aliphatic carbocycles. The van der Waals surface area contributed by atoms with Gasteiger partial charge in [0, 0.05) is 21.9 Å². The van der Waals surface area contributed by atoms with E-state index in [1.54, 1.807) is 18.9 Å². The number of anilines is 1. The third kappa shape index (κ3) is 3.20. The van der Waals surface area contributed by atoms with Crippen LogP contribution in [0.5, 0.6) is 5.75 Å². The Morgan fingerprint density at radius 3 is 2.72 bits per heavy atom. The van der Waals surface area contributed by atoms with Crippen LogP contribution in [0.3, 0.4) is 0 Å². The molecule has 0 bridgehead atoms. The van der Waals surface area contributed by atoms with Crippen LogP contribution in [0.25, 0.3) is 0 Å². The van der Waals surface area contributed by atoms with Crippen LogP contribution in [0, 0.1) is 6.92 Å². The molecule has 0 fully saturated rings. The summed E-state index contributed by atoms with van der Waals surface area (Å²) in [5.41, 5.74) is 8.99. The molecular formula is C15H17NOS. The number of methoxy groups -OCH3 is 1. The Hall–Kier alpha value is -1.61. The van der Waals surface area contributed by atoms with Gasteiger partial charge in [-0.3, -0.25) is 0 Å². The Balaban J connectivity index is 2.12. The second-order valence-electron chi connectivity index (χ2n) is 4.18. The fourth-order valence-corrected chi connectivity index (χ4v) is 2.77. The fraction of sp³-hybridized carbons (Fsp3) is 0.200. The van der Waals surface area contributed by atoms with E-state index in [0.717, 1.165) is 22.8 Å². The van der Waals surface area contributed by atoms with E-state index in [0.29, 0.717) is 0 Å². The lowest BCUT2D eigenvalue weighted by Gasteiger charge is -2.09. The molecule has 0 radical (unpaired) electrons. The van der Waals surface area contributed by atoms with E-state index in [4.69, 9.17) is 10.5 Å². The molecule has 94 valence electrons. The molecule has 0 heterocycles. The van der Waals surface area contributed by atoms with Gasteiger partial charge in [0.25, 0.3) is 0 Å². The van der Waals surface area contributed by atoms with E-state index < -0.39 is 0 Å². The van der Waals surface area contributed by atoms with Gasteiger partial charge < -0.3 is 10.5 Å². The lowest BCUT2D eigenvalue weighted by molar-refractivity contribution is 0.411. The number of aryl methyl sites for hydroxylation is 1. The van der Waals surface area contributed by atoms with E-state index in [1.165, 1.54) is 10.5 Å². The number of rotatable bonds is 4. The van der Waals surface area contributed by atoms with Crippen molar-refractivity contribution in [2.75, 3.05) is 12.8 Å². The fourth-order valence-electron chi connectivity index (χ4n) is 1.78. The minimum Gasteiger partial charge on any atom is -0.496 e. The van der Waals surface area contributed by atoms with E-state index in [1.807, 2.05) is 18.2 Å². The summed E-state index contributed by atoms with van der Waals surface area (Å²) in [7, 11) is 1.69. The summed E-state index contributed by atoms with van der Waals surface area (Å²) in [6.45, 7) is 2.10. The minimum absolute atomic E-state index is 0.774. The molecule has 2 rings (SSSR count). The molecule has 0 amide bonds. The van der Waals surface area contributed by atoms with Gasteiger partial charge in [0.1, 0.15) is 5.75 Å². The highest BCUT2D eigenvalue weighted by atomic mass is 32.2. The number of thioether (sulfide) groups is 1. The summed E-state index contributed by atoms with van der Waals surface area (Å²) in [6.07, 6.45) is 0. The monoisotopic (exact) mass is 259 g/mol. The zero-order valence-electron chi connectivity index (χ0n) is 10.6. The van der Waals surface area contributed by atoms with Crippen molar-refractivity contribution in [3.05, 3.63) is 53.6 Å². The topological polar surface area (TPSA) is 35.2 Å². The van der Waals surface area contributed by atoms with Crippen molar-refractivity contribution < 1.29 is 4.74 Å². The standard InChI is InChI=1S/C15H17NOS/c1-11-4-3-5-14(8-11)18-10-12-9-13(16)6-7-15(12)17-2/h3-9H,10,16H2,1-2H3. The van der Waals surface area contributed by atoms with Crippen LogP contribution in [0.2, 0.25) is 0 Å². The third-order valence-electron chi connectivity index (χ3n) is 2.69. The molecule has 2 nitrogen and oxygen atoms in total. The van der Waals surface area contributed by atoms with Gasteiger partial charge in [0.05, 0.1) is 7.11 Å². The summed E-state index contributed by atoms with van der Waals surface area (Å²) in [5.74, 6) is 1.75. The maximum atomic E-state index is 5.81. The predicted molar refractivity (Wildman–Crippen MR) is 78.1 cm³/mol. The van der Waals surface area contributed by atoms with Crippen molar-refractivity contribution in [3.8, 4) is 5.75 Å². The summed E-state index contributed by atoms with van der Waals surface area (Å²) in [4.78, 5) is 1.26. The molecule has 2 aromatic carbocycles. The van der Waals surface area contributed by atoms with Crippen molar-refractivity contribution in [2.24, 2.45) is 0 Å². The number of benzene rings is 2. The molecule has 0 unspecified atom stereocenters. The van der Waals surface area contributed by atoms with Crippen molar-refractivity contribution in [3.63, 3.8) is 0 Å². The maximum Gasteiger partial charge on any atom is 0.123 e. The van der Waals surface area contributed by atoms with Crippen molar-refractivity contribution >= 4 is 17.4 Å². The smallest absolute Gasteiger partial charge is 0.123 e. The van der Waals surface area contributed by atoms with E-state index in [-0.39, 0.29) is 0 Å². The molecule has 18 heavy (non-hydrogen) atoms. The van der Waals surface area contributed by atoms with Crippen LogP contribution in [-0.2, 0) is 5.75 Å². The van der Waals surface area contributed by atoms with Gasteiger partial charge in [-0.15, -0.1) is 11.8 Å². The zero-order chi connectivity index (χ0) is 13.0. The SMILES string of the molecule is COc1ccc(N)cc1CSc1cccc(C)c1. The largest absolute Gasteiger partial charge is 0.496 e. The van der Waals surface area contributed by atoms with Crippen molar-refractivity contribution in [1.29, 1.82) is 0 Å². The van der Waals surface area contributed by atoms with Crippen LogP contribution >= 0.6 is 11.8 Å². The highest BCUT2D eigenvalue weighted by Gasteiger charge is 2.04. The second kappa shape index (κ2) is 5.83. The van der Waals surface area contributed by atoms with E-state index >= 15 is 0 Å². The highest BCUT2D eigenvalue weighted by Crippen LogP contribution is 2.29. The molecule has 0 saturated carbocycles. The average molecular weight is 259 g/mol. The number of nitrogen functional groups attached to an aromatic ring is 1. The highest BCUT2D eigenvalue weighted by molar-refractivity contribution is 7.98. The van der Waals surface area contributed by atoms with Crippen LogP contribution in [0.15, 0.2) is 47.4 Å². The van der Waals surface area contributed by atoms with Gasteiger partial charge in [-0.2, -0.15) is 0 Å². The van der Waals surface area contributed by atoms with Crippen LogP contribution in [-0.4, -0.2) is 7.11 Å². The molecule has 2 N–H and O–H groups in total. The Kier molecular flexibility index (Phi) is 4.15. The normalized spacial score (nSPS) is 10.3. The van der Waals surface area contributed by atoms with Crippen molar-refractivity contribution in [1.82, 2.24) is 0 Å². The maximum absolute atomic E-state index is 5.81. The van der Waals surface area contributed by atoms with E-state index in [9.17, 15) is 0 Å².